The molecule has 0 saturated carbocycles. The Morgan fingerprint density at radius 3 is 1.84 bits per heavy atom. The van der Waals surface area contributed by atoms with Crippen LogP contribution in [0.4, 0.5) is 11.4 Å². The fraction of sp³-hybridized carbons (Fsp3) is 0.179. The lowest BCUT2D eigenvalue weighted by atomic mass is 10.1. The van der Waals surface area contributed by atoms with E-state index in [9.17, 15) is 14.9 Å². The number of amides is 1. The summed E-state index contributed by atoms with van der Waals surface area (Å²) in [7, 11) is 7.51. The van der Waals surface area contributed by atoms with Crippen molar-refractivity contribution in [1.29, 1.82) is 0 Å². The topological polar surface area (TPSA) is 118 Å². The Hall–Kier alpha value is -4.99. The number of carbonyl (C=O) groups is 1. The number of nitro benzene ring substituents is 1. The van der Waals surface area contributed by atoms with Crippen molar-refractivity contribution in [3.63, 3.8) is 0 Å². The predicted molar refractivity (Wildman–Crippen MR) is 145 cm³/mol. The summed E-state index contributed by atoms with van der Waals surface area (Å²) >= 11 is 0. The molecule has 3 aromatic carbocycles. The molecule has 0 aliphatic rings. The van der Waals surface area contributed by atoms with Gasteiger partial charge >= 0.3 is 5.69 Å². The molecule has 0 atom stereocenters. The molecule has 0 aromatic heterocycles. The summed E-state index contributed by atoms with van der Waals surface area (Å²) < 4.78 is 26.6. The zero-order valence-corrected chi connectivity index (χ0v) is 21.6. The summed E-state index contributed by atoms with van der Waals surface area (Å²) in [6.07, 6.45) is 6.52. The van der Waals surface area contributed by atoms with Gasteiger partial charge in [-0.25, -0.2) is 0 Å². The molecule has 0 bridgehead atoms. The van der Waals surface area contributed by atoms with Crippen molar-refractivity contribution in [3.05, 3.63) is 81.4 Å². The van der Waals surface area contributed by atoms with Gasteiger partial charge in [0, 0.05) is 12.1 Å². The molecule has 198 valence electrons. The second-order valence-corrected chi connectivity index (χ2v) is 7.76. The van der Waals surface area contributed by atoms with Gasteiger partial charge < -0.3 is 29.0 Å². The first-order chi connectivity index (χ1) is 18.3. The number of nitrogens with one attached hydrogen (secondary N) is 1. The van der Waals surface area contributed by atoms with Crippen molar-refractivity contribution < 1.29 is 33.4 Å². The van der Waals surface area contributed by atoms with Gasteiger partial charge in [-0.1, -0.05) is 24.3 Å². The van der Waals surface area contributed by atoms with E-state index in [-0.39, 0.29) is 11.4 Å². The van der Waals surface area contributed by atoms with Crippen LogP contribution in [0.25, 0.3) is 18.2 Å². The molecule has 10 heteroatoms. The average molecular weight is 521 g/mol. The van der Waals surface area contributed by atoms with Crippen LogP contribution in [0.3, 0.4) is 0 Å². The predicted octanol–water partition coefficient (Wildman–Crippen LogP) is 5.46. The van der Waals surface area contributed by atoms with Gasteiger partial charge in [-0.3, -0.25) is 14.9 Å². The minimum Gasteiger partial charge on any atom is -0.495 e. The fourth-order valence-electron chi connectivity index (χ4n) is 3.60. The maximum Gasteiger partial charge on any atom is 0.311 e. The number of ether oxygens (including phenoxy) is 5. The molecule has 3 rings (SSSR count). The van der Waals surface area contributed by atoms with E-state index in [1.54, 1.807) is 39.5 Å². The lowest BCUT2D eigenvalue weighted by Crippen LogP contribution is -2.09. The van der Waals surface area contributed by atoms with Crippen LogP contribution in [-0.2, 0) is 4.79 Å². The zero-order valence-electron chi connectivity index (χ0n) is 21.6. The lowest BCUT2D eigenvalue weighted by Gasteiger charge is -2.13. The van der Waals surface area contributed by atoms with Crippen molar-refractivity contribution in [2.45, 2.75) is 0 Å². The van der Waals surface area contributed by atoms with E-state index in [2.05, 4.69) is 5.32 Å². The standard InChI is InChI=1S/C28H28N2O8/c1-34-23-12-9-18(14-22(23)30(32)33)10-13-27(31)29-21-11-8-19(15-24(21)35-2)6-7-20-16-25(36-3)28(38-5)26(17-20)37-4/h6-17H,1-5H3,(H,29,31)/b7-6?,13-10+. The van der Waals surface area contributed by atoms with Gasteiger partial charge in [0.25, 0.3) is 0 Å². The van der Waals surface area contributed by atoms with E-state index in [0.717, 1.165) is 11.1 Å². The number of rotatable bonds is 11. The second kappa shape index (κ2) is 12.8. The van der Waals surface area contributed by atoms with Gasteiger partial charge in [0.1, 0.15) is 5.75 Å². The van der Waals surface area contributed by atoms with Gasteiger partial charge in [0.05, 0.1) is 46.2 Å². The average Bonchev–Trinajstić information content (AvgIpc) is 2.94. The normalized spacial score (nSPS) is 10.9. The SMILES string of the molecule is COc1cc(C=Cc2cc(OC)c(OC)c(OC)c2)ccc1NC(=O)/C=C/c1ccc(OC)c([N+](=O)[O-])c1. The molecule has 1 N–H and O–H groups in total. The number of hydrogen-bond donors (Lipinski definition) is 1. The summed E-state index contributed by atoms with van der Waals surface area (Å²) in [6, 6.07) is 13.4. The molecule has 0 aliphatic heterocycles. The van der Waals surface area contributed by atoms with Gasteiger partial charge in [-0.05, 0) is 53.1 Å². The zero-order chi connectivity index (χ0) is 27.7. The third kappa shape index (κ3) is 6.61. The number of nitrogens with zero attached hydrogens (tertiary/aromatic N) is 1. The van der Waals surface area contributed by atoms with E-state index in [4.69, 9.17) is 23.7 Å². The van der Waals surface area contributed by atoms with E-state index < -0.39 is 10.8 Å². The molecule has 3 aromatic rings. The van der Waals surface area contributed by atoms with Crippen molar-refractivity contribution in [2.24, 2.45) is 0 Å². The third-order valence-corrected chi connectivity index (χ3v) is 5.47. The number of anilines is 1. The Balaban J connectivity index is 1.76. The molecule has 38 heavy (non-hydrogen) atoms. The molecule has 0 spiro atoms. The molecule has 0 fully saturated rings. The first-order valence-corrected chi connectivity index (χ1v) is 11.3. The van der Waals surface area contributed by atoms with Crippen LogP contribution in [0.1, 0.15) is 16.7 Å². The van der Waals surface area contributed by atoms with Crippen LogP contribution in [-0.4, -0.2) is 46.4 Å². The Bertz CT molecular complexity index is 1360. The highest BCUT2D eigenvalue weighted by Crippen LogP contribution is 2.38. The highest BCUT2D eigenvalue weighted by Gasteiger charge is 2.15. The number of hydrogen-bond acceptors (Lipinski definition) is 8. The van der Waals surface area contributed by atoms with Crippen LogP contribution in [0.5, 0.6) is 28.7 Å². The van der Waals surface area contributed by atoms with Crippen LogP contribution in [0.15, 0.2) is 54.6 Å². The van der Waals surface area contributed by atoms with Crippen LogP contribution in [0, 0.1) is 10.1 Å². The van der Waals surface area contributed by atoms with E-state index in [1.165, 1.54) is 38.5 Å². The minimum absolute atomic E-state index is 0.140. The Morgan fingerprint density at radius 1 is 0.711 bits per heavy atom. The lowest BCUT2D eigenvalue weighted by molar-refractivity contribution is -0.385. The molecular weight excluding hydrogens is 492 g/mol. The van der Waals surface area contributed by atoms with Crippen LogP contribution >= 0.6 is 0 Å². The van der Waals surface area contributed by atoms with Gasteiger partial charge in [0.15, 0.2) is 17.2 Å². The van der Waals surface area contributed by atoms with Crippen LogP contribution < -0.4 is 29.0 Å². The molecule has 0 heterocycles. The quantitative estimate of drug-likeness (QED) is 0.153. The van der Waals surface area contributed by atoms with Gasteiger partial charge in [0.2, 0.25) is 11.7 Å². The third-order valence-electron chi connectivity index (χ3n) is 5.47. The van der Waals surface area contributed by atoms with E-state index in [0.29, 0.717) is 34.2 Å². The maximum absolute atomic E-state index is 12.5. The summed E-state index contributed by atoms with van der Waals surface area (Å²) in [6.45, 7) is 0. The molecule has 10 nitrogen and oxygen atoms in total. The summed E-state index contributed by atoms with van der Waals surface area (Å²) in [5, 5.41) is 14.0. The van der Waals surface area contributed by atoms with E-state index in [1.807, 2.05) is 30.4 Å². The summed E-state index contributed by atoms with van der Waals surface area (Å²) in [4.78, 5) is 23.2. The van der Waals surface area contributed by atoms with Crippen LogP contribution in [0.2, 0.25) is 0 Å². The Labute approximate surface area is 220 Å². The van der Waals surface area contributed by atoms with Crippen molar-refractivity contribution >= 4 is 35.5 Å². The number of benzene rings is 3. The summed E-state index contributed by atoms with van der Waals surface area (Å²) in [5.41, 5.74) is 2.42. The number of nitro groups is 1. The molecular formula is C28H28N2O8. The Kier molecular flexibility index (Phi) is 9.31. The Morgan fingerprint density at radius 2 is 1.26 bits per heavy atom. The highest BCUT2D eigenvalue weighted by atomic mass is 16.6. The molecule has 0 saturated heterocycles. The fourth-order valence-corrected chi connectivity index (χ4v) is 3.60. The van der Waals surface area contributed by atoms with Crippen molar-refractivity contribution in [2.75, 3.05) is 40.9 Å². The number of methoxy groups -OCH3 is 5. The second-order valence-electron chi connectivity index (χ2n) is 7.76. The largest absolute Gasteiger partial charge is 0.495 e. The molecule has 0 aliphatic carbocycles. The highest BCUT2D eigenvalue weighted by molar-refractivity contribution is 6.03. The van der Waals surface area contributed by atoms with Gasteiger partial charge in [-0.2, -0.15) is 0 Å². The first kappa shape index (κ1) is 27.6. The number of carbonyl (C=O) groups excluding carboxylic acids is 1. The van der Waals surface area contributed by atoms with Gasteiger partial charge in [-0.15, -0.1) is 0 Å². The first-order valence-electron chi connectivity index (χ1n) is 11.3. The van der Waals surface area contributed by atoms with E-state index >= 15 is 0 Å². The smallest absolute Gasteiger partial charge is 0.311 e. The minimum atomic E-state index is -0.543. The summed E-state index contributed by atoms with van der Waals surface area (Å²) in [5.74, 6) is 1.76. The van der Waals surface area contributed by atoms with Crippen molar-refractivity contribution in [1.82, 2.24) is 0 Å². The maximum atomic E-state index is 12.5. The van der Waals surface area contributed by atoms with Crippen molar-refractivity contribution in [3.8, 4) is 28.7 Å². The molecule has 0 unspecified atom stereocenters. The molecule has 1 amide bonds. The molecule has 0 radical (unpaired) electrons. The monoisotopic (exact) mass is 520 g/mol.